The first kappa shape index (κ1) is 20.4. The number of rotatable bonds is 9. The maximum atomic E-state index is 11.6. The molecule has 2 N–H and O–H groups in total. The SMILES string of the molecule is COCCNCC(=O)NCCc1nc(-c2ccc(Cl)cc2)no1.Cl. The maximum absolute atomic E-state index is 11.6. The molecule has 1 aromatic carbocycles. The van der Waals surface area contributed by atoms with Crippen LogP contribution in [0.25, 0.3) is 11.4 Å². The van der Waals surface area contributed by atoms with Crippen LogP contribution in [-0.4, -0.2) is 49.4 Å². The quantitative estimate of drug-likeness (QED) is 0.649. The summed E-state index contributed by atoms with van der Waals surface area (Å²) in [5.74, 6) is 0.894. The van der Waals surface area contributed by atoms with Gasteiger partial charge in [-0.2, -0.15) is 4.98 Å². The van der Waals surface area contributed by atoms with E-state index in [1.54, 1.807) is 19.2 Å². The van der Waals surface area contributed by atoms with Crippen LogP contribution in [0.4, 0.5) is 0 Å². The third-order valence-electron chi connectivity index (χ3n) is 3.00. The monoisotopic (exact) mass is 374 g/mol. The van der Waals surface area contributed by atoms with Crippen LogP contribution in [0.3, 0.4) is 0 Å². The van der Waals surface area contributed by atoms with Gasteiger partial charge in [0.1, 0.15) is 0 Å². The second kappa shape index (κ2) is 11.0. The minimum absolute atomic E-state index is 0. The molecule has 1 heterocycles. The van der Waals surface area contributed by atoms with Crippen LogP contribution < -0.4 is 10.6 Å². The lowest BCUT2D eigenvalue weighted by Crippen LogP contribution is -2.36. The standard InChI is InChI=1S/C15H19ClN4O3.ClH/c1-22-9-8-17-10-13(21)18-7-6-14-19-15(20-23-14)11-2-4-12(16)5-3-11;/h2-5,17H,6-10H2,1H3,(H,18,21);1H. The number of nitrogens with one attached hydrogen (secondary N) is 2. The number of nitrogens with zero attached hydrogens (tertiary/aromatic N) is 2. The Balaban J connectivity index is 0.00000288. The molecule has 0 saturated heterocycles. The summed E-state index contributed by atoms with van der Waals surface area (Å²) in [6, 6.07) is 7.18. The summed E-state index contributed by atoms with van der Waals surface area (Å²) in [4.78, 5) is 15.9. The number of carbonyl (C=O) groups excluding carboxylic acids is 1. The number of aromatic nitrogens is 2. The van der Waals surface area contributed by atoms with Crippen molar-refractivity contribution in [1.29, 1.82) is 0 Å². The average molecular weight is 375 g/mol. The van der Waals surface area contributed by atoms with Gasteiger partial charge in [0.25, 0.3) is 0 Å². The fourth-order valence-corrected chi connectivity index (χ4v) is 1.95. The van der Waals surface area contributed by atoms with Crippen molar-refractivity contribution in [3.05, 3.63) is 35.2 Å². The van der Waals surface area contributed by atoms with Gasteiger partial charge in [-0.25, -0.2) is 0 Å². The first-order valence-corrected chi connectivity index (χ1v) is 7.61. The summed E-state index contributed by atoms with van der Waals surface area (Å²) >= 11 is 5.84. The zero-order valence-corrected chi connectivity index (χ0v) is 14.8. The molecule has 7 nitrogen and oxygen atoms in total. The minimum atomic E-state index is -0.0847. The molecule has 1 aromatic heterocycles. The molecule has 0 bridgehead atoms. The van der Waals surface area contributed by atoms with E-state index in [0.717, 1.165) is 5.56 Å². The maximum Gasteiger partial charge on any atom is 0.233 e. The number of methoxy groups -OCH3 is 1. The molecular formula is C15H20Cl2N4O3. The molecular weight excluding hydrogens is 355 g/mol. The third kappa shape index (κ3) is 6.84. The lowest BCUT2D eigenvalue weighted by Gasteiger charge is -2.04. The Morgan fingerprint density at radius 1 is 1.29 bits per heavy atom. The normalized spacial score (nSPS) is 10.2. The molecule has 0 saturated carbocycles. The number of hydrogen-bond acceptors (Lipinski definition) is 6. The molecule has 2 rings (SSSR count). The summed E-state index contributed by atoms with van der Waals surface area (Å²) < 4.78 is 10.0. The van der Waals surface area contributed by atoms with Crippen molar-refractivity contribution in [2.45, 2.75) is 6.42 Å². The number of carbonyl (C=O) groups is 1. The van der Waals surface area contributed by atoms with Crippen LogP contribution >= 0.6 is 24.0 Å². The van der Waals surface area contributed by atoms with Gasteiger partial charge in [0.05, 0.1) is 13.2 Å². The molecule has 132 valence electrons. The highest BCUT2D eigenvalue weighted by molar-refractivity contribution is 6.30. The zero-order chi connectivity index (χ0) is 16.5. The Morgan fingerprint density at radius 2 is 2.04 bits per heavy atom. The second-order valence-electron chi connectivity index (χ2n) is 4.79. The Labute approximate surface area is 151 Å². The van der Waals surface area contributed by atoms with Crippen LogP contribution in [0, 0.1) is 0 Å². The Morgan fingerprint density at radius 3 is 2.75 bits per heavy atom. The van der Waals surface area contributed by atoms with Crippen molar-refractivity contribution >= 4 is 29.9 Å². The molecule has 0 radical (unpaired) electrons. The van der Waals surface area contributed by atoms with Gasteiger partial charge in [0.15, 0.2) is 0 Å². The molecule has 2 aromatic rings. The number of hydrogen-bond donors (Lipinski definition) is 2. The Kier molecular flexibility index (Phi) is 9.33. The van der Waals surface area contributed by atoms with Crippen LogP contribution in [0.15, 0.2) is 28.8 Å². The van der Waals surface area contributed by atoms with E-state index in [-0.39, 0.29) is 24.9 Å². The lowest BCUT2D eigenvalue weighted by atomic mass is 10.2. The average Bonchev–Trinajstić information content (AvgIpc) is 3.01. The predicted octanol–water partition coefficient (Wildman–Crippen LogP) is 1.71. The summed E-state index contributed by atoms with van der Waals surface area (Å²) in [6.07, 6.45) is 0.477. The molecule has 0 aliphatic carbocycles. The van der Waals surface area contributed by atoms with Crippen molar-refractivity contribution < 1.29 is 14.1 Å². The number of benzene rings is 1. The fourth-order valence-electron chi connectivity index (χ4n) is 1.82. The molecule has 0 atom stereocenters. The molecule has 0 aliphatic heterocycles. The fraction of sp³-hybridized carbons (Fsp3) is 0.400. The minimum Gasteiger partial charge on any atom is -0.383 e. The first-order chi connectivity index (χ1) is 11.2. The summed E-state index contributed by atoms with van der Waals surface area (Å²) in [5.41, 5.74) is 0.829. The van der Waals surface area contributed by atoms with Gasteiger partial charge >= 0.3 is 0 Å². The van der Waals surface area contributed by atoms with Crippen LogP contribution in [0.5, 0.6) is 0 Å². The van der Waals surface area contributed by atoms with E-state index in [4.69, 9.17) is 20.9 Å². The number of halogens is 2. The van der Waals surface area contributed by atoms with Gasteiger partial charge in [-0.05, 0) is 24.3 Å². The van der Waals surface area contributed by atoms with Gasteiger partial charge in [0.2, 0.25) is 17.6 Å². The largest absolute Gasteiger partial charge is 0.383 e. The van der Waals surface area contributed by atoms with Gasteiger partial charge < -0.3 is 19.9 Å². The van der Waals surface area contributed by atoms with Gasteiger partial charge in [-0.1, -0.05) is 16.8 Å². The number of amides is 1. The topological polar surface area (TPSA) is 89.3 Å². The first-order valence-electron chi connectivity index (χ1n) is 7.24. The smallest absolute Gasteiger partial charge is 0.233 e. The van der Waals surface area contributed by atoms with E-state index >= 15 is 0 Å². The van der Waals surface area contributed by atoms with Gasteiger partial charge in [0, 0.05) is 37.2 Å². The van der Waals surface area contributed by atoms with E-state index in [1.165, 1.54) is 0 Å². The molecule has 1 amide bonds. The molecule has 9 heteroatoms. The highest BCUT2D eigenvalue weighted by atomic mass is 35.5. The third-order valence-corrected chi connectivity index (χ3v) is 3.25. The summed E-state index contributed by atoms with van der Waals surface area (Å²) in [5, 5.41) is 10.3. The predicted molar refractivity (Wildman–Crippen MR) is 93.5 cm³/mol. The van der Waals surface area contributed by atoms with Crippen LogP contribution in [0.2, 0.25) is 5.02 Å². The lowest BCUT2D eigenvalue weighted by molar-refractivity contribution is -0.120. The van der Waals surface area contributed by atoms with Crippen LogP contribution in [0.1, 0.15) is 5.89 Å². The molecule has 0 unspecified atom stereocenters. The van der Waals surface area contributed by atoms with Crippen molar-refractivity contribution in [1.82, 2.24) is 20.8 Å². The second-order valence-corrected chi connectivity index (χ2v) is 5.22. The summed E-state index contributed by atoms with van der Waals surface area (Å²) in [6.45, 7) is 1.90. The Bertz CT molecular complexity index is 619. The van der Waals surface area contributed by atoms with E-state index in [9.17, 15) is 4.79 Å². The van der Waals surface area contributed by atoms with Crippen molar-refractivity contribution in [3.8, 4) is 11.4 Å². The zero-order valence-electron chi connectivity index (χ0n) is 13.3. The van der Waals surface area contributed by atoms with Gasteiger partial charge in [-0.15, -0.1) is 12.4 Å². The molecule has 24 heavy (non-hydrogen) atoms. The molecule has 0 aliphatic rings. The van der Waals surface area contributed by atoms with Crippen molar-refractivity contribution in [3.63, 3.8) is 0 Å². The Hall–Kier alpha value is -1.67. The number of ether oxygens (including phenoxy) is 1. The van der Waals surface area contributed by atoms with E-state index in [1.807, 2.05) is 12.1 Å². The van der Waals surface area contributed by atoms with E-state index in [0.29, 0.717) is 42.9 Å². The summed E-state index contributed by atoms with van der Waals surface area (Å²) in [7, 11) is 1.62. The van der Waals surface area contributed by atoms with Crippen LogP contribution in [-0.2, 0) is 16.0 Å². The highest BCUT2D eigenvalue weighted by Crippen LogP contribution is 2.18. The molecule has 0 spiro atoms. The van der Waals surface area contributed by atoms with Crippen molar-refractivity contribution in [2.24, 2.45) is 0 Å². The van der Waals surface area contributed by atoms with Crippen molar-refractivity contribution in [2.75, 3.05) is 33.4 Å². The highest BCUT2D eigenvalue weighted by Gasteiger charge is 2.09. The van der Waals surface area contributed by atoms with E-state index in [2.05, 4.69) is 20.8 Å². The van der Waals surface area contributed by atoms with E-state index < -0.39 is 0 Å². The van der Waals surface area contributed by atoms with Gasteiger partial charge in [-0.3, -0.25) is 4.79 Å². The molecule has 0 fully saturated rings.